The number of nitrogens with zero attached hydrogens (tertiary/aromatic N) is 1. The molecule has 0 aliphatic heterocycles. The molecule has 0 unspecified atom stereocenters. The molecule has 0 saturated heterocycles. The third kappa shape index (κ3) is 2.67. The van der Waals surface area contributed by atoms with Gasteiger partial charge in [-0.2, -0.15) is 5.26 Å². The zero-order valence-corrected chi connectivity index (χ0v) is 11.8. The number of hydrogen-bond acceptors (Lipinski definition) is 4. The van der Waals surface area contributed by atoms with Crippen molar-refractivity contribution >= 4 is 5.69 Å². The molecule has 4 nitrogen and oxygen atoms in total. The first kappa shape index (κ1) is 14.2. The Bertz CT molecular complexity index is 488. The maximum absolute atomic E-state index is 9.08. The largest absolute Gasteiger partial charge is 0.496 e. The highest BCUT2D eigenvalue weighted by atomic mass is 16.5. The van der Waals surface area contributed by atoms with Crippen LogP contribution in [0.1, 0.15) is 25.0 Å². The molecule has 0 fully saturated rings. The summed E-state index contributed by atoms with van der Waals surface area (Å²) >= 11 is 0. The van der Waals surface area contributed by atoms with Gasteiger partial charge in [-0.3, -0.25) is 0 Å². The molecule has 0 radical (unpaired) electrons. The first-order valence-electron chi connectivity index (χ1n) is 5.78. The third-order valence-electron chi connectivity index (χ3n) is 2.94. The average molecular weight is 248 g/mol. The maximum atomic E-state index is 9.08. The second kappa shape index (κ2) is 5.18. The van der Waals surface area contributed by atoms with Crippen molar-refractivity contribution in [1.29, 1.82) is 5.26 Å². The van der Waals surface area contributed by atoms with Gasteiger partial charge in [0.25, 0.3) is 0 Å². The molecule has 1 aromatic rings. The molecule has 18 heavy (non-hydrogen) atoms. The summed E-state index contributed by atoms with van der Waals surface area (Å²) in [5, 5.41) is 12.2. The highest BCUT2D eigenvalue weighted by Gasteiger charge is 2.21. The SMILES string of the molecule is COc1cc(NC(C)(C)C#N)c(OC)c(C)c1C. The lowest BCUT2D eigenvalue weighted by Gasteiger charge is -2.23. The monoisotopic (exact) mass is 248 g/mol. The van der Waals surface area contributed by atoms with Crippen LogP contribution in [-0.4, -0.2) is 19.8 Å². The molecule has 0 aromatic heterocycles. The van der Waals surface area contributed by atoms with Crippen LogP contribution < -0.4 is 14.8 Å². The Hall–Kier alpha value is -1.89. The Balaban J connectivity index is 3.35. The van der Waals surface area contributed by atoms with Gasteiger partial charge in [-0.1, -0.05) is 0 Å². The summed E-state index contributed by atoms with van der Waals surface area (Å²) in [5.74, 6) is 1.53. The van der Waals surface area contributed by atoms with E-state index in [0.29, 0.717) is 0 Å². The fraction of sp³-hybridized carbons (Fsp3) is 0.500. The zero-order chi connectivity index (χ0) is 13.9. The van der Waals surface area contributed by atoms with Gasteiger partial charge < -0.3 is 14.8 Å². The molecule has 0 bridgehead atoms. The van der Waals surface area contributed by atoms with Crippen LogP contribution in [0.5, 0.6) is 11.5 Å². The molecular weight excluding hydrogens is 228 g/mol. The average Bonchev–Trinajstić information content (AvgIpc) is 2.33. The van der Waals surface area contributed by atoms with Crippen LogP contribution >= 0.6 is 0 Å². The van der Waals surface area contributed by atoms with E-state index in [9.17, 15) is 0 Å². The van der Waals surface area contributed by atoms with E-state index in [0.717, 1.165) is 28.3 Å². The Morgan fingerprint density at radius 1 is 1.17 bits per heavy atom. The van der Waals surface area contributed by atoms with E-state index in [-0.39, 0.29) is 0 Å². The number of nitriles is 1. The van der Waals surface area contributed by atoms with Gasteiger partial charge in [0.2, 0.25) is 0 Å². The van der Waals surface area contributed by atoms with Gasteiger partial charge in [0.05, 0.1) is 26.0 Å². The number of methoxy groups -OCH3 is 2. The van der Waals surface area contributed by atoms with Crippen molar-refractivity contribution in [2.45, 2.75) is 33.2 Å². The van der Waals surface area contributed by atoms with E-state index in [1.165, 1.54) is 0 Å². The summed E-state index contributed by atoms with van der Waals surface area (Å²) in [6.45, 7) is 7.58. The normalized spacial score (nSPS) is 10.7. The van der Waals surface area contributed by atoms with Crippen LogP contribution in [0.4, 0.5) is 5.69 Å². The van der Waals surface area contributed by atoms with Gasteiger partial charge in [0, 0.05) is 6.07 Å². The molecule has 0 spiro atoms. The zero-order valence-electron chi connectivity index (χ0n) is 11.8. The lowest BCUT2D eigenvalue weighted by atomic mass is 10.0. The molecule has 1 N–H and O–H groups in total. The highest BCUT2D eigenvalue weighted by Crippen LogP contribution is 2.38. The molecule has 4 heteroatoms. The molecule has 1 rings (SSSR count). The summed E-state index contributed by atoms with van der Waals surface area (Å²) in [6, 6.07) is 4.07. The van der Waals surface area contributed by atoms with Gasteiger partial charge in [-0.15, -0.1) is 0 Å². The smallest absolute Gasteiger partial charge is 0.145 e. The van der Waals surface area contributed by atoms with Crippen LogP contribution in [0.2, 0.25) is 0 Å². The van der Waals surface area contributed by atoms with E-state index < -0.39 is 5.54 Å². The van der Waals surface area contributed by atoms with E-state index in [2.05, 4.69) is 11.4 Å². The second-order valence-corrected chi connectivity index (χ2v) is 4.77. The number of rotatable bonds is 4. The lowest BCUT2D eigenvalue weighted by molar-refractivity contribution is 0.398. The Kier molecular flexibility index (Phi) is 4.07. The number of ether oxygens (including phenoxy) is 2. The molecule has 0 saturated carbocycles. The molecule has 0 heterocycles. The Morgan fingerprint density at radius 3 is 2.22 bits per heavy atom. The Labute approximate surface area is 109 Å². The van der Waals surface area contributed by atoms with Crippen LogP contribution in [0.25, 0.3) is 0 Å². The second-order valence-electron chi connectivity index (χ2n) is 4.77. The lowest BCUT2D eigenvalue weighted by Crippen LogP contribution is -2.28. The fourth-order valence-corrected chi connectivity index (χ4v) is 1.79. The molecule has 1 aromatic carbocycles. The number of anilines is 1. The highest BCUT2D eigenvalue weighted by molar-refractivity contribution is 5.67. The summed E-state index contributed by atoms with van der Waals surface area (Å²) < 4.78 is 10.8. The molecule has 98 valence electrons. The quantitative estimate of drug-likeness (QED) is 0.889. The van der Waals surface area contributed by atoms with Crippen LogP contribution in [0.15, 0.2) is 6.07 Å². The minimum atomic E-state index is -0.667. The summed E-state index contributed by atoms with van der Waals surface area (Å²) in [5.41, 5.74) is 2.15. The number of benzene rings is 1. The summed E-state index contributed by atoms with van der Waals surface area (Å²) in [7, 11) is 3.26. The van der Waals surface area contributed by atoms with Crippen molar-refractivity contribution in [3.05, 3.63) is 17.2 Å². The Morgan fingerprint density at radius 2 is 1.78 bits per heavy atom. The van der Waals surface area contributed by atoms with Crippen LogP contribution in [0.3, 0.4) is 0 Å². The minimum Gasteiger partial charge on any atom is -0.496 e. The standard InChI is InChI=1S/C14H20N2O2/c1-9-10(2)13(18-6)11(7-12(9)17-5)16-14(3,4)8-15/h7,16H,1-6H3. The van der Waals surface area contributed by atoms with Gasteiger partial charge in [-0.25, -0.2) is 0 Å². The predicted molar refractivity (Wildman–Crippen MR) is 72.3 cm³/mol. The van der Waals surface area contributed by atoms with Gasteiger partial charge in [-0.05, 0) is 38.8 Å². The molecular formula is C14H20N2O2. The summed E-state index contributed by atoms with van der Waals surface area (Å²) in [6.07, 6.45) is 0. The van der Waals surface area contributed by atoms with Gasteiger partial charge in [0.1, 0.15) is 17.0 Å². The topological polar surface area (TPSA) is 54.3 Å². The van der Waals surface area contributed by atoms with Crippen molar-refractivity contribution in [1.82, 2.24) is 0 Å². The van der Waals surface area contributed by atoms with Crippen molar-refractivity contribution in [2.75, 3.05) is 19.5 Å². The molecule has 0 aliphatic rings. The van der Waals surface area contributed by atoms with Crippen molar-refractivity contribution in [3.8, 4) is 17.6 Å². The fourth-order valence-electron chi connectivity index (χ4n) is 1.79. The molecule has 0 atom stereocenters. The minimum absolute atomic E-state index is 0.667. The van der Waals surface area contributed by atoms with Crippen molar-refractivity contribution < 1.29 is 9.47 Å². The third-order valence-corrected chi connectivity index (χ3v) is 2.94. The van der Waals surface area contributed by atoms with Gasteiger partial charge >= 0.3 is 0 Å². The van der Waals surface area contributed by atoms with E-state index in [1.807, 2.05) is 33.8 Å². The first-order chi connectivity index (χ1) is 8.36. The van der Waals surface area contributed by atoms with Crippen LogP contribution in [0, 0.1) is 25.2 Å². The first-order valence-corrected chi connectivity index (χ1v) is 5.78. The number of hydrogen-bond donors (Lipinski definition) is 1. The summed E-state index contributed by atoms with van der Waals surface area (Å²) in [4.78, 5) is 0. The van der Waals surface area contributed by atoms with E-state index in [4.69, 9.17) is 14.7 Å². The molecule has 0 aliphatic carbocycles. The van der Waals surface area contributed by atoms with E-state index in [1.54, 1.807) is 14.2 Å². The van der Waals surface area contributed by atoms with Crippen molar-refractivity contribution in [2.24, 2.45) is 0 Å². The number of nitrogens with one attached hydrogen (secondary N) is 1. The molecule has 0 amide bonds. The maximum Gasteiger partial charge on any atom is 0.145 e. The van der Waals surface area contributed by atoms with Gasteiger partial charge in [0.15, 0.2) is 0 Å². The van der Waals surface area contributed by atoms with E-state index >= 15 is 0 Å². The predicted octanol–water partition coefficient (Wildman–Crippen LogP) is 3.03. The van der Waals surface area contributed by atoms with Crippen molar-refractivity contribution in [3.63, 3.8) is 0 Å². The van der Waals surface area contributed by atoms with Crippen LogP contribution in [-0.2, 0) is 0 Å².